The van der Waals surface area contributed by atoms with Crippen LogP contribution in [-0.4, -0.2) is 21.4 Å². The molecular formula is C13H20ClN3. The Hall–Kier alpha value is -0.830. The third kappa shape index (κ3) is 3.09. The van der Waals surface area contributed by atoms with Gasteiger partial charge in [-0.25, -0.2) is 9.97 Å². The van der Waals surface area contributed by atoms with Crippen LogP contribution in [0.4, 0.5) is 5.95 Å². The summed E-state index contributed by atoms with van der Waals surface area (Å²) in [4.78, 5) is 8.88. The van der Waals surface area contributed by atoms with E-state index in [-0.39, 0.29) is 5.54 Å². The molecule has 3 nitrogen and oxygen atoms in total. The van der Waals surface area contributed by atoms with Crippen LogP contribution in [0.5, 0.6) is 0 Å². The molecule has 0 aromatic carbocycles. The summed E-state index contributed by atoms with van der Waals surface area (Å²) in [6, 6.07) is 1.99. The topological polar surface area (TPSA) is 37.8 Å². The van der Waals surface area contributed by atoms with Gasteiger partial charge >= 0.3 is 0 Å². The fraction of sp³-hybridized carbons (Fsp3) is 0.692. The van der Waals surface area contributed by atoms with E-state index in [2.05, 4.69) is 15.3 Å². The van der Waals surface area contributed by atoms with Crippen LogP contribution in [0.15, 0.2) is 6.07 Å². The first-order valence-corrected chi connectivity index (χ1v) is 6.83. The molecule has 17 heavy (non-hydrogen) atoms. The zero-order valence-corrected chi connectivity index (χ0v) is 11.3. The fourth-order valence-corrected chi connectivity index (χ4v) is 2.87. The second kappa shape index (κ2) is 5.21. The van der Waals surface area contributed by atoms with Gasteiger partial charge in [-0.05, 0) is 32.8 Å². The van der Waals surface area contributed by atoms with Crippen LogP contribution < -0.4 is 5.32 Å². The van der Waals surface area contributed by atoms with E-state index < -0.39 is 0 Å². The van der Waals surface area contributed by atoms with Crippen molar-refractivity contribution >= 4 is 17.5 Å². The number of hydrogen-bond acceptors (Lipinski definition) is 3. The maximum atomic E-state index is 6.15. The van der Waals surface area contributed by atoms with Crippen LogP contribution in [0, 0.1) is 13.8 Å². The molecule has 1 heterocycles. The molecule has 0 saturated heterocycles. The standard InChI is InChI=1S/C13H20ClN3/c1-10-8-11(2)16-12(15-10)17-13(9-14)6-4-3-5-7-13/h8H,3-7,9H2,1-2H3,(H,15,16,17). The molecule has 1 aliphatic rings. The molecule has 0 bridgehead atoms. The van der Waals surface area contributed by atoms with Gasteiger partial charge in [0.05, 0.1) is 5.54 Å². The number of nitrogens with one attached hydrogen (secondary N) is 1. The molecule has 1 N–H and O–H groups in total. The summed E-state index contributed by atoms with van der Waals surface area (Å²) in [5.41, 5.74) is 2.00. The van der Waals surface area contributed by atoms with E-state index in [4.69, 9.17) is 11.6 Å². The first-order chi connectivity index (χ1) is 8.13. The van der Waals surface area contributed by atoms with Gasteiger partial charge in [0, 0.05) is 17.3 Å². The average molecular weight is 254 g/mol. The molecule has 0 radical (unpaired) electrons. The van der Waals surface area contributed by atoms with Gasteiger partial charge in [0.15, 0.2) is 0 Å². The minimum atomic E-state index is 0.0000386. The largest absolute Gasteiger partial charge is 0.348 e. The zero-order valence-electron chi connectivity index (χ0n) is 10.6. The third-order valence-electron chi connectivity index (χ3n) is 3.43. The van der Waals surface area contributed by atoms with Gasteiger partial charge in [-0.15, -0.1) is 11.6 Å². The molecule has 94 valence electrons. The highest BCUT2D eigenvalue weighted by molar-refractivity contribution is 6.18. The summed E-state index contributed by atoms with van der Waals surface area (Å²) < 4.78 is 0. The van der Waals surface area contributed by atoms with E-state index in [0.717, 1.165) is 30.2 Å². The summed E-state index contributed by atoms with van der Waals surface area (Å²) >= 11 is 6.15. The van der Waals surface area contributed by atoms with Crippen LogP contribution in [0.2, 0.25) is 0 Å². The lowest BCUT2D eigenvalue weighted by Gasteiger charge is -2.36. The van der Waals surface area contributed by atoms with Gasteiger partial charge in [-0.2, -0.15) is 0 Å². The van der Waals surface area contributed by atoms with E-state index in [1.807, 2.05) is 19.9 Å². The van der Waals surface area contributed by atoms with Crippen molar-refractivity contribution in [2.75, 3.05) is 11.2 Å². The Morgan fingerprint density at radius 2 is 1.76 bits per heavy atom. The monoisotopic (exact) mass is 253 g/mol. The third-order valence-corrected chi connectivity index (χ3v) is 3.94. The molecule has 1 aromatic rings. The molecule has 1 saturated carbocycles. The number of alkyl halides is 1. The van der Waals surface area contributed by atoms with Crippen molar-refractivity contribution in [3.8, 4) is 0 Å². The van der Waals surface area contributed by atoms with E-state index in [9.17, 15) is 0 Å². The van der Waals surface area contributed by atoms with Gasteiger partial charge in [-0.1, -0.05) is 19.3 Å². The Morgan fingerprint density at radius 1 is 1.18 bits per heavy atom. The molecule has 1 fully saturated rings. The first-order valence-electron chi connectivity index (χ1n) is 6.30. The maximum absolute atomic E-state index is 6.15. The molecule has 1 aromatic heterocycles. The summed E-state index contributed by atoms with van der Waals surface area (Å²) in [7, 11) is 0. The van der Waals surface area contributed by atoms with Gasteiger partial charge in [-0.3, -0.25) is 0 Å². The Balaban J connectivity index is 2.17. The van der Waals surface area contributed by atoms with Gasteiger partial charge in [0.1, 0.15) is 0 Å². The van der Waals surface area contributed by atoms with Gasteiger partial charge in [0.2, 0.25) is 5.95 Å². The lowest BCUT2D eigenvalue weighted by atomic mass is 9.83. The SMILES string of the molecule is Cc1cc(C)nc(NC2(CCl)CCCCC2)n1. The smallest absolute Gasteiger partial charge is 0.223 e. The molecule has 0 spiro atoms. The van der Waals surface area contributed by atoms with Crippen molar-refractivity contribution in [2.45, 2.75) is 51.5 Å². The van der Waals surface area contributed by atoms with Crippen molar-refractivity contribution < 1.29 is 0 Å². The fourth-order valence-electron chi connectivity index (χ4n) is 2.54. The highest BCUT2D eigenvalue weighted by Crippen LogP contribution is 2.31. The Kier molecular flexibility index (Phi) is 3.87. The average Bonchev–Trinajstić information content (AvgIpc) is 2.29. The van der Waals surface area contributed by atoms with Crippen LogP contribution in [0.3, 0.4) is 0 Å². The van der Waals surface area contributed by atoms with Crippen molar-refractivity contribution in [1.82, 2.24) is 9.97 Å². The van der Waals surface area contributed by atoms with Crippen molar-refractivity contribution in [3.63, 3.8) is 0 Å². The van der Waals surface area contributed by atoms with Gasteiger partial charge < -0.3 is 5.32 Å². The Morgan fingerprint density at radius 3 is 2.29 bits per heavy atom. The van der Waals surface area contributed by atoms with Crippen LogP contribution in [-0.2, 0) is 0 Å². The van der Waals surface area contributed by atoms with E-state index in [1.165, 1.54) is 19.3 Å². The summed E-state index contributed by atoms with van der Waals surface area (Å²) in [6.07, 6.45) is 6.03. The van der Waals surface area contributed by atoms with Crippen LogP contribution in [0.1, 0.15) is 43.5 Å². The number of aryl methyl sites for hydroxylation is 2. The number of rotatable bonds is 3. The van der Waals surface area contributed by atoms with Gasteiger partial charge in [0.25, 0.3) is 0 Å². The van der Waals surface area contributed by atoms with Crippen molar-refractivity contribution in [1.29, 1.82) is 0 Å². The first kappa shape index (κ1) is 12.6. The highest BCUT2D eigenvalue weighted by atomic mass is 35.5. The molecular weight excluding hydrogens is 234 g/mol. The minimum absolute atomic E-state index is 0.0000386. The number of halogens is 1. The lowest BCUT2D eigenvalue weighted by Crippen LogP contribution is -2.42. The molecule has 0 aliphatic heterocycles. The van der Waals surface area contributed by atoms with E-state index in [1.54, 1.807) is 0 Å². The normalized spacial score (nSPS) is 19.0. The molecule has 1 aliphatic carbocycles. The summed E-state index contributed by atoms with van der Waals surface area (Å²) in [5, 5.41) is 3.47. The number of anilines is 1. The molecule has 4 heteroatoms. The Bertz CT molecular complexity index is 366. The maximum Gasteiger partial charge on any atom is 0.223 e. The van der Waals surface area contributed by atoms with Crippen molar-refractivity contribution in [3.05, 3.63) is 17.5 Å². The molecule has 0 atom stereocenters. The summed E-state index contributed by atoms with van der Waals surface area (Å²) in [6.45, 7) is 3.99. The molecule has 0 unspecified atom stereocenters. The molecule has 2 rings (SSSR count). The minimum Gasteiger partial charge on any atom is -0.348 e. The predicted molar refractivity (Wildman–Crippen MR) is 71.7 cm³/mol. The van der Waals surface area contributed by atoms with Crippen molar-refractivity contribution in [2.24, 2.45) is 0 Å². The van der Waals surface area contributed by atoms with E-state index >= 15 is 0 Å². The second-order valence-electron chi connectivity index (χ2n) is 5.07. The number of hydrogen-bond donors (Lipinski definition) is 1. The number of aromatic nitrogens is 2. The number of nitrogens with zero attached hydrogens (tertiary/aromatic N) is 2. The summed E-state index contributed by atoms with van der Waals surface area (Å²) in [5.74, 6) is 1.36. The second-order valence-corrected chi connectivity index (χ2v) is 5.34. The van der Waals surface area contributed by atoms with Crippen LogP contribution in [0.25, 0.3) is 0 Å². The quantitative estimate of drug-likeness (QED) is 0.839. The van der Waals surface area contributed by atoms with Crippen LogP contribution >= 0.6 is 11.6 Å². The lowest BCUT2D eigenvalue weighted by molar-refractivity contribution is 0.351. The highest BCUT2D eigenvalue weighted by Gasteiger charge is 2.31. The van der Waals surface area contributed by atoms with E-state index in [0.29, 0.717) is 5.88 Å². The molecule has 0 amide bonds. The zero-order chi connectivity index (χ0) is 12.3. The Labute approximate surface area is 108 Å². The predicted octanol–water partition coefficient (Wildman–Crippen LogP) is 3.45.